The molecule has 0 saturated heterocycles. The number of methoxy groups -OCH3 is 1. The summed E-state index contributed by atoms with van der Waals surface area (Å²) in [6, 6.07) is 0. The number of Topliss-reactive ketones (excluding diaryl/α,β-unsaturated/α-hetero) is 1. The van der Waals surface area contributed by atoms with Gasteiger partial charge < -0.3 is 9.84 Å². The molecule has 3 heteroatoms. The van der Waals surface area contributed by atoms with Gasteiger partial charge in [0, 0.05) is 19.4 Å². The van der Waals surface area contributed by atoms with Crippen LogP contribution in [0.2, 0.25) is 0 Å². The van der Waals surface area contributed by atoms with E-state index in [0.29, 0.717) is 5.92 Å². The van der Waals surface area contributed by atoms with E-state index in [9.17, 15) is 9.90 Å². The van der Waals surface area contributed by atoms with Crippen LogP contribution in [-0.4, -0.2) is 30.2 Å². The molecule has 0 heterocycles. The van der Waals surface area contributed by atoms with Gasteiger partial charge in [-0.1, -0.05) is 74.0 Å². The first-order valence-electron chi connectivity index (χ1n) is 11.0. The normalized spacial score (nSPS) is 19.1. The third-order valence-corrected chi connectivity index (χ3v) is 6.23. The van der Waals surface area contributed by atoms with Gasteiger partial charge in [-0.15, -0.1) is 0 Å². The Hall–Kier alpha value is -0.670. The number of aliphatic hydroxyl groups is 1. The van der Waals surface area contributed by atoms with Crippen LogP contribution in [-0.2, 0) is 9.53 Å². The second-order valence-corrected chi connectivity index (χ2v) is 11.1. The number of ketones is 1. The minimum absolute atomic E-state index is 0.00641. The molecule has 0 aromatic carbocycles. The van der Waals surface area contributed by atoms with Crippen molar-refractivity contribution in [2.24, 2.45) is 28.6 Å². The van der Waals surface area contributed by atoms with Gasteiger partial charge in [0.25, 0.3) is 0 Å². The second kappa shape index (κ2) is 11.5. The highest BCUT2D eigenvalue weighted by molar-refractivity contribution is 5.83. The van der Waals surface area contributed by atoms with Crippen molar-refractivity contribution < 1.29 is 14.6 Å². The Bertz CT molecular complexity index is 493. The van der Waals surface area contributed by atoms with Gasteiger partial charge >= 0.3 is 0 Å². The predicted octanol–water partition coefficient (Wildman–Crippen LogP) is 6.44. The monoisotopic (exact) mass is 396 g/mol. The zero-order valence-corrected chi connectivity index (χ0v) is 20.6. The standard InChI is InChI=1S/C25H48O3/c1-12-20(22(27)16-21(26)19(4)24(5,6)7)14-17(2)13-18(3)15-23(28-11)25(8,9)10/h14,18-21,23,26H,12-13,15-16H2,1-11H3/b17-14+/t18-,19+,20+,21-,23-/m0/s1. The van der Waals surface area contributed by atoms with E-state index < -0.39 is 6.10 Å². The first-order valence-corrected chi connectivity index (χ1v) is 11.0. The molecule has 0 aromatic heterocycles. The summed E-state index contributed by atoms with van der Waals surface area (Å²) in [6.45, 7) is 21.4. The van der Waals surface area contributed by atoms with Gasteiger partial charge in [0.05, 0.1) is 12.2 Å². The highest BCUT2D eigenvalue weighted by Gasteiger charge is 2.30. The smallest absolute Gasteiger partial charge is 0.142 e. The summed E-state index contributed by atoms with van der Waals surface area (Å²) in [5, 5.41) is 10.5. The lowest BCUT2D eigenvalue weighted by molar-refractivity contribution is -0.124. The molecule has 0 rings (SSSR count). The van der Waals surface area contributed by atoms with Gasteiger partial charge in [0.2, 0.25) is 0 Å². The Balaban J connectivity index is 4.92. The summed E-state index contributed by atoms with van der Waals surface area (Å²) in [5.74, 6) is 0.638. The van der Waals surface area contributed by atoms with Crippen molar-refractivity contribution in [2.75, 3.05) is 7.11 Å². The third-order valence-electron chi connectivity index (χ3n) is 6.23. The molecule has 0 spiro atoms. The molecule has 28 heavy (non-hydrogen) atoms. The number of allylic oxidation sites excluding steroid dienone is 2. The Morgan fingerprint density at radius 3 is 1.96 bits per heavy atom. The molecule has 0 aliphatic rings. The van der Waals surface area contributed by atoms with E-state index in [4.69, 9.17) is 4.74 Å². The molecule has 1 N–H and O–H groups in total. The van der Waals surface area contributed by atoms with Crippen LogP contribution in [0.15, 0.2) is 11.6 Å². The SMILES string of the molecule is CC[C@H](/C=C(\C)C[C@H](C)C[C@H](OC)C(C)(C)C)C(=O)C[C@H](O)[C@@H](C)C(C)(C)C. The van der Waals surface area contributed by atoms with Crippen molar-refractivity contribution in [3.63, 3.8) is 0 Å². The lowest BCUT2D eigenvalue weighted by Crippen LogP contribution is -2.32. The van der Waals surface area contributed by atoms with E-state index in [1.807, 2.05) is 6.92 Å². The molecule has 0 amide bonds. The van der Waals surface area contributed by atoms with Gasteiger partial charge in [-0.3, -0.25) is 4.79 Å². The van der Waals surface area contributed by atoms with E-state index in [0.717, 1.165) is 19.3 Å². The Morgan fingerprint density at radius 2 is 1.57 bits per heavy atom. The number of rotatable bonds is 11. The molecule has 0 radical (unpaired) electrons. The van der Waals surface area contributed by atoms with Crippen LogP contribution in [0.1, 0.15) is 94.9 Å². The van der Waals surface area contributed by atoms with Gasteiger partial charge in [-0.05, 0) is 48.9 Å². The van der Waals surface area contributed by atoms with Gasteiger partial charge in [-0.25, -0.2) is 0 Å². The molecule has 0 aromatic rings. The van der Waals surface area contributed by atoms with E-state index in [1.165, 1.54) is 5.57 Å². The second-order valence-electron chi connectivity index (χ2n) is 11.1. The van der Waals surface area contributed by atoms with Crippen LogP contribution < -0.4 is 0 Å². The molecule has 0 aliphatic heterocycles. The molecular weight excluding hydrogens is 348 g/mol. The van der Waals surface area contributed by atoms with E-state index >= 15 is 0 Å². The van der Waals surface area contributed by atoms with Gasteiger partial charge in [-0.2, -0.15) is 0 Å². The maximum absolute atomic E-state index is 12.8. The summed E-state index contributed by atoms with van der Waals surface area (Å²) in [4.78, 5) is 12.8. The average Bonchev–Trinajstić information content (AvgIpc) is 2.54. The van der Waals surface area contributed by atoms with Crippen molar-refractivity contribution >= 4 is 5.78 Å². The molecule has 5 atom stereocenters. The summed E-state index contributed by atoms with van der Waals surface area (Å²) in [6.07, 6.45) is 4.79. The highest BCUT2D eigenvalue weighted by Crippen LogP contribution is 2.31. The molecule has 0 unspecified atom stereocenters. The Morgan fingerprint density at radius 1 is 1.04 bits per heavy atom. The summed E-state index contributed by atoms with van der Waals surface area (Å²) in [5.41, 5.74) is 1.38. The number of ether oxygens (including phenoxy) is 1. The fourth-order valence-electron chi connectivity index (χ4n) is 3.76. The van der Waals surface area contributed by atoms with E-state index in [-0.39, 0.29) is 41.0 Å². The quantitative estimate of drug-likeness (QED) is 0.409. The van der Waals surface area contributed by atoms with Crippen molar-refractivity contribution in [3.05, 3.63) is 11.6 Å². The predicted molar refractivity (Wildman–Crippen MR) is 120 cm³/mol. The van der Waals surface area contributed by atoms with Crippen LogP contribution in [0.25, 0.3) is 0 Å². The van der Waals surface area contributed by atoms with Crippen LogP contribution >= 0.6 is 0 Å². The molecule has 0 bridgehead atoms. The maximum Gasteiger partial charge on any atom is 0.142 e. The van der Waals surface area contributed by atoms with Gasteiger partial charge in [0.15, 0.2) is 0 Å². The number of hydrogen-bond donors (Lipinski definition) is 1. The lowest BCUT2D eigenvalue weighted by Gasteiger charge is -2.32. The van der Waals surface area contributed by atoms with Crippen molar-refractivity contribution in [1.29, 1.82) is 0 Å². The van der Waals surface area contributed by atoms with Gasteiger partial charge in [0.1, 0.15) is 5.78 Å². The largest absolute Gasteiger partial charge is 0.392 e. The zero-order valence-electron chi connectivity index (χ0n) is 20.6. The first-order chi connectivity index (χ1) is 12.6. The van der Waals surface area contributed by atoms with Crippen LogP contribution in [0.4, 0.5) is 0 Å². The number of aliphatic hydroxyl groups excluding tert-OH is 1. The fourth-order valence-corrected chi connectivity index (χ4v) is 3.76. The minimum Gasteiger partial charge on any atom is -0.392 e. The molecule has 0 saturated carbocycles. The van der Waals surface area contributed by atoms with Crippen molar-refractivity contribution in [1.82, 2.24) is 0 Å². The summed E-state index contributed by atoms with van der Waals surface area (Å²) >= 11 is 0. The van der Waals surface area contributed by atoms with Crippen LogP contribution in [0.3, 0.4) is 0 Å². The molecule has 0 fully saturated rings. The van der Waals surface area contributed by atoms with Crippen molar-refractivity contribution in [2.45, 2.75) is 107 Å². The van der Waals surface area contributed by atoms with E-state index in [1.54, 1.807) is 7.11 Å². The number of hydrogen-bond acceptors (Lipinski definition) is 3. The molecule has 3 nitrogen and oxygen atoms in total. The molecular formula is C25H48O3. The summed E-state index contributed by atoms with van der Waals surface area (Å²) < 4.78 is 5.70. The topological polar surface area (TPSA) is 46.5 Å². The van der Waals surface area contributed by atoms with E-state index in [2.05, 4.69) is 68.4 Å². The van der Waals surface area contributed by atoms with Crippen LogP contribution in [0.5, 0.6) is 0 Å². The molecule has 0 aliphatic carbocycles. The number of carbonyl (C=O) groups is 1. The Kier molecular flexibility index (Phi) is 11.2. The number of carbonyl (C=O) groups excluding carboxylic acids is 1. The third kappa shape index (κ3) is 9.69. The molecule has 166 valence electrons. The minimum atomic E-state index is -0.580. The van der Waals surface area contributed by atoms with Crippen molar-refractivity contribution in [3.8, 4) is 0 Å². The zero-order chi connectivity index (χ0) is 22.3. The first kappa shape index (κ1) is 27.3. The fraction of sp³-hybridized carbons (Fsp3) is 0.880. The highest BCUT2D eigenvalue weighted by atomic mass is 16.5. The lowest BCUT2D eigenvalue weighted by atomic mass is 9.76. The Labute approximate surface area is 175 Å². The maximum atomic E-state index is 12.8. The summed E-state index contributed by atoms with van der Waals surface area (Å²) in [7, 11) is 1.79. The average molecular weight is 397 g/mol. The van der Waals surface area contributed by atoms with Crippen LogP contribution in [0, 0.1) is 28.6 Å².